The number of esters is 1. The molecule has 0 aliphatic rings. The second-order valence-electron chi connectivity index (χ2n) is 1.99. The molecule has 0 aliphatic carbocycles. The normalized spacial score (nSPS) is 13.9. The fraction of sp³-hybridized carbons (Fsp3) is 0.500. The predicted octanol–water partition coefficient (Wildman–Crippen LogP) is -2.14. The van der Waals surface area contributed by atoms with Crippen molar-refractivity contribution in [1.29, 1.82) is 5.26 Å². The summed E-state index contributed by atoms with van der Waals surface area (Å²) >= 11 is 0. The molecular formula is C6H7NO6. The number of aliphatic hydroxyl groups excluding tert-OH is 2. The van der Waals surface area contributed by atoms with Crippen molar-refractivity contribution in [3.05, 3.63) is 0 Å². The van der Waals surface area contributed by atoms with Crippen molar-refractivity contribution in [3.63, 3.8) is 0 Å². The first kappa shape index (κ1) is 11.4. The summed E-state index contributed by atoms with van der Waals surface area (Å²) in [5.41, 5.74) is 0. The summed E-state index contributed by atoms with van der Waals surface area (Å²) in [6.45, 7) is -0.609. The summed E-state index contributed by atoms with van der Waals surface area (Å²) in [6, 6.07) is 1.44. The van der Waals surface area contributed by atoms with Gasteiger partial charge in [0.2, 0.25) is 0 Å². The standard InChI is InChI=1S/C6H7NO6/c7-1-2-13-6(12)4(9)3(8)5(10)11/h3-4,8-9H,2H2,(H,10,11). The number of aliphatic hydroxyl groups is 2. The van der Waals surface area contributed by atoms with Gasteiger partial charge in [0, 0.05) is 0 Å². The van der Waals surface area contributed by atoms with Crippen molar-refractivity contribution >= 4 is 11.9 Å². The Kier molecular flexibility index (Phi) is 4.43. The first-order valence-corrected chi connectivity index (χ1v) is 3.13. The molecule has 13 heavy (non-hydrogen) atoms. The molecule has 0 saturated carbocycles. The third kappa shape index (κ3) is 3.50. The Morgan fingerprint density at radius 1 is 1.38 bits per heavy atom. The van der Waals surface area contributed by atoms with Gasteiger partial charge in [-0.05, 0) is 0 Å². The van der Waals surface area contributed by atoms with Gasteiger partial charge >= 0.3 is 11.9 Å². The summed E-state index contributed by atoms with van der Waals surface area (Å²) in [5.74, 6) is -3.10. The monoisotopic (exact) mass is 189 g/mol. The maximum absolute atomic E-state index is 10.6. The lowest BCUT2D eigenvalue weighted by molar-refractivity contribution is -0.168. The molecule has 2 unspecified atom stereocenters. The van der Waals surface area contributed by atoms with Gasteiger partial charge in [0.25, 0.3) is 0 Å². The summed E-state index contributed by atoms with van der Waals surface area (Å²) in [4.78, 5) is 20.6. The van der Waals surface area contributed by atoms with Gasteiger partial charge in [0.05, 0.1) is 0 Å². The number of carboxylic acids is 1. The van der Waals surface area contributed by atoms with Crippen LogP contribution in [-0.4, -0.2) is 46.1 Å². The van der Waals surface area contributed by atoms with E-state index < -0.39 is 30.8 Å². The highest BCUT2D eigenvalue weighted by Crippen LogP contribution is 1.96. The lowest BCUT2D eigenvalue weighted by atomic mass is 10.2. The van der Waals surface area contributed by atoms with Crippen LogP contribution in [0.25, 0.3) is 0 Å². The fourth-order valence-corrected chi connectivity index (χ4v) is 0.453. The maximum Gasteiger partial charge on any atom is 0.339 e. The molecule has 0 aromatic carbocycles. The molecule has 2 atom stereocenters. The van der Waals surface area contributed by atoms with Crippen LogP contribution in [0.15, 0.2) is 0 Å². The molecule has 0 aliphatic heterocycles. The van der Waals surface area contributed by atoms with Crippen molar-refractivity contribution in [2.75, 3.05) is 6.61 Å². The second-order valence-corrected chi connectivity index (χ2v) is 1.99. The molecular weight excluding hydrogens is 182 g/mol. The number of hydrogen-bond acceptors (Lipinski definition) is 6. The van der Waals surface area contributed by atoms with Crippen LogP contribution in [0, 0.1) is 11.3 Å². The smallest absolute Gasteiger partial charge is 0.339 e. The molecule has 0 spiro atoms. The van der Waals surface area contributed by atoms with Crippen molar-refractivity contribution < 1.29 is 29.6 Å². The van der Waals surface area contributed by atoms with E-state index in [2.05, 4.69) is 4.74 Å². The number of carbonyl (C=O) groups is 2. The average molecular weight is 189 g/mol. The van der Waals surface area contributed by atoms with E-state index in [0.29, 0.717) is 0 Å². The third-order valence-electron chi connectivity index (χ3n) is 1.07. The van der Waals surface area contributed by atoms with Gasteiger partial charge in [0.15, 0.2) is 18.8 Å². The maximum atomic E-state index is 10.6. The molecule has 0 radical (unpaired) electrons. The number of nitriles is 1. The van der Waals surface area contributed by atoms with E-state index in [4.69, 9.17) is 20.6 Å². The third-order valence-corrected chi connectivity index (χ3v) is 1.07. The highest BCUT2D eigenvalue weighted by molar-refractivity contribution is 5.84. The minimum absolute atomic E-state index is 0.609. The number of ether oxygens (including phenoxy) is 1. The van der Waals surface area contributed by atoms with E-state index in [-0.39, 0.29) is 0 Å². The van der Waals surface area contributed by atoms with Crippen LogP contribution >= 0.6 is 0 Å². The minimum atomic E-state index is -2.24. The van der Waals surface area contributed by atoms with Gasteiger partial charge in [-0.3, -0.25) is 0 Å². The Morgan fingerprint density at radius 3 is 2.31 bits per heavy atom. The first-order chi connectivity index (χ1) is 6.00. The Balaban J connectivity index is 4.11. The zero-order valence-electron chi connectivity index (χ0n) is 6.38. The molecule has 0 aromatic heterocycles. The minimum Gasteiger partial charge on any atom is -0.479 e. The van der Waals surface area contributed by atoms with Gasteiger partial charge in [-0.2, -0.15) is 5.26 Å². The van der Waals surface area contributed by atoms with Crippen LogP contribution in [0.1, 0.15) is 0 Å². The molecule has 3 N–H and O–H groups in total. The first-order valence-electron chi connectivity index (χ1n) is 3.13. The molecule has 0 rings (SSSR count). The molecule has 0 amide bonds. The van der Waals surface area contributed by atoms with Gasteiger partial charge in [-0.1, -0.05) is 0 Å². The van der Waals surface area contributed by atoms with E-state index in [1.54, 1.807) is 0 Å². The topological polar surface area (TPSA) is 128 Å². The summed E-state index contributed by atoms with van der Waals surface area (Å²) in [7, 11) is 0. The lowest BCUT2D eigenvalue weighted by Crippen LogP contribution is -2.40. The van der Waals surface area contributed by atoms with Crippen LogP contribution in [0.4, 0.5) is 0 Å². The van der Waals surface area contributed by atoms with E-state index >= 15 is 0 Å². The Hall–Kier alpha value is -1.65. The van der Waals surface area contributed by atoms with Gasteiger partial charge in [-0.25, -0.2) is 9.59 Å². The molecule has 0 heterocycles. The molecule has 72 valence electrons. The van der Waals surface area contributed by atoms with Crippen molar-refractivity contribution in [2.24, 2.45) is 0 Å². The van der Waals surface area contributed by atoms with Gasteiger partial charge in [-0.15, -0.1) is 0 Å². The van der Waals surface area contributed by atoms with Gasteiger partial charge in [0.1, 0.15) is 6.07 Å². The number of carboxylic acid groups (broad SMARTS) is 1. The number of rotatable bonds is 4. The number of hydrogen-bond donors (Lipinski definition) is 3. The molecule has 7 nitrogen and oxygen atoms in total. The fourth-order valence-electron chi connectivity index (χ4n) is 0.453. The van der Waals surface area contributed by atoms with Crippen molar-refractivity contribution in [2.45, 2.75) is 12.2 Å². The van der Waals surface area contributed by atoms with E-state index in [1.807, 2.05) is 0 Å². The van der Waals surface area contributed by atoms with Crippen LogP contribution in [0.3, 0.4) is 0 Å². The molecule has 0 aromatic rings. The van der Waals surface area contributed by atoms with Crippen LogP contribution in [0.2, 0.25) is 0 Å². The molecule has 0 saturated heterocycles. The number of carbonyl (C=O) groups excluding carboxylic acids is 1. The van der Waals surface area contributed by atoms with Crippen molar-refractivity contribution in [1.82, 2.24) is 0 Å². The molecule has 0 bridgehead atoms. The highest BCUT2D eigenvalue weighted by atomic mass is 16.5. The summed E-state index contributed by atoms with van der Waals surface area (Å²) < 4.78 is 4.05. The Bertz CT molecular complexity index is 244. The second kappa shape index (κ2) is 5.08. The summed E-state index contributed by atoms with van der Waals surface area (Å²) in [5, 5.41) is 33.5. The lowest BCUT2D eigenvalue weighted by Gasteiger charge is -2.11. The van der Waals surface area contributed by atoms with Crippen molar-refractivity contribution in [3.8, 4) is 6.07 Å². The highest BCUT2D eigenvalue weighted by Gasteiger charge is 2.31. The van der Waals surface area contributed by atoms with E-state index in [9.17, 15) is 9.59 Å². The molecule has 0 fully saturated rings. The zero-order chi connectivity index (χ0) is 10.4. The number of nitrogens with zero attached hydrogens (tertiary/aromatic N) is 1. The largest absolute Gasteiger partial charge is 0.479 e. The van der Waals surface area contributed by atoms with E-state index in [0.717, 1.165) is 0 Å². The Morgan fingerprint density at radius 2 is 1.92 bits per heavy atom. The summed E-state index contributed by atoms with van der Waals surface area (Å²) in [6.07, 6.45) is -4.42. The predicted molar refractivity (Wildman–Crippen MR) is 36.2 cm³/mol. The SMILES string of the molecule is N#CCOC(=O)C(O)C(O)C(=O)O. The Labute approximate surface area is 72.8 Å². The van der Waals surface area contributed by atoms with Crippen LogP contribution in [0.5, 0.6) is 0 Å². The quantitative estimate of drug-likeness (QED) is 0.430. The van der Waals surface area contributed by atoms with Crippen LogP contribution < -0.4 is 0 Å². The average Bonchev–Trinajstić information content (AvgIpc) is 2.11. The molecule has 7 heteroatoms. The number of aliphatic carboxylic acids is 1. The van der Waals surface area contributed by atoms with E-state index in [1.165, 1.54) is 6.07 Å². The zero-order valence-corrected chi connectivity index (χ0v) is 6.38. The van der Waals surface area contributed by atoms with Crippen LogP contribution in [-0.2, 0) is 14.3 Å². The van der Waals surface area contributed by atoms with Gasteiger partial charge < -0.3 is 20.1 Å².